The molecule has 0 aliphatic carbocycles. The predicted molar refractivity (Wildman–Crippen MR) is 113 cm³/mol. The Balaban J connectivity index is 2.17. The van der Waals surface area contributed by atoms with Crippen LogP contribution in [0.5, 0.6) is 0 Å². The molecule has 166 valence electrons. The Bertz CT molecular complexity index is 1090. The molecular formula is C21H24N2O7S. The van der Waals surface area contributed by atoms with Crippen LogP contribution in [0.15, 0.2) is 53.4 Å². The van der Waals surface area contributed by atoms with Crippen molar-refractivity contribution in [2.24, 2.45) is 0 Å². The van der Waals surface area contributed by atoms with Gasteiger partial charge in [-0.25, -0.2) is 13.2 Å². The smallest absolute Gasteiger partial charge is 0.338 e. The number of amides is 1. The number of ether oxygens (including phenoxy) is 1. The van der Waals surface area contributed by atoms with Crippen molar-refractivity contribution in [3.05, 3.63) is 69.8 Å². The molecule has 2 rings (SSSR count). The summed E-state index contributed by atoms with van der Waals surface area (Å²) in [5.74, 6) is -1.41. The molecule has 10 heteroatoms. The Morgan fingerprint density at radius 3 is 2.23 bits per heavy atom. The molecule has 31 heavy (non-hydrogen) atoms. The van der Waals surface area contributed by atoms with Crippen LogP contribution in [0.25, 0.3) is 0 Å². The van der Waals surface area contributed by atoms with E-state index in [1.54, 1.807) is 4.90 Å². The van der Waals surface area contributed by atoms with Crippen molar-refractivity contribution in [3.63, 3.8) is 0 Å². The van der Waals surface area contributed by atoms with E-state index in [9.17, 15) is 28.1 Å². The van der Waals surface area contributed by atoms with Crippen molar-refractivity contribution in [1.29, 1.82) is 0 Å². The van der Waals surface area contributed by atoms with Gasteiger partial charge in [-0.05, 0) is 38.5 Å². The molecule has 0 aliphatic heterocycles. The van der Waals surface area contributed by atoms with Gasteiger partial charge in [-0.2, -0.15) is 0 Å². The van der Waals surface area contributed by atoms with Gasteiger partial charge in [-0.3, -0.25) is 14.9 Å². The number of sulfone groups is 1. The van der Waals surface area contributed by atoms with Gasteiger partial charge in [0.1, 0.15) is 4.90 Å². The third-order valence-corrected chi connectivity index (χ3v) is 5.56. The van der Waals surface area contributed by atoms with Crippen molar-refractivity contribution in [1.82, 2.24) is 4.90 Å². The monoisotopic (exact) mass is 448 g/mol. The number of hydrogen-bond donors (Lipinski definition) is 0. The molecule has 0 N–H and O–H groups in total. The lowest BCUT2D eigenvalue weighted by molar-refractivity contribution is -0.387. The zero-order valence-corrected chi connectivity index (χ0v) is 18.5. The van der Waals surface area contributed by atoms with Crippen LogP contribution in [0.4, 0.5) is 5.69 Å². The molecule has 0 unspecified atom stereocenters. The molecule has 2 aromatic rings. The maximum atomic E-state index is 12.8. The van der Waals surface area contributed by atoms with E-state index in [1.165, 1.54) is 0 Å². The van der Waals surface area contributed by atoms with Gasteiger partial charge in [-0.1, -0.05) is 30.3 Å². The summed E-state index contributed by atoms with van der Waals surface area (Å²) in [6.45, 7) is 5.30. The standard InChI is InChI=1S/C21H24N2O7S/c1-21(2,3)22(13-15-8-6-5-7-9-15)19(24)14-30-20(25)16-10-11-18(31(4,28)29)17(12-16)23(26)27/h5-12H,13-14H2,1-4H3. The Kier molecular flexibility index (Phi) is 7.17. The number of carbonyl (C=O) groups excluding carboxylic acids is 2. The fourth-order valence-corrected chi connectivity index (χ4v) is 3.68. The summed E-state index contributed by atoms with van der Waals surface area (Å²) in [6.07, 6.45) is 0.833. The molecule has 0 spiro atoms. The molecule has 0 saturated carbocycles. The van der Waals surface area contributed by atoms with Gasteiger partial charge in [0.15, 0.2) is 16.4 Å². The Hall–Kier alpha value is -3.27. The Morgan fingerprint density at radius 2 is 1.71 bits per heavy atom. The van der Waals surface area contributed by atoms with E-state index in [1.807, 2.05) is 51.1 Å². The third kappa shape index (κ3) is 6.35. The number of nitro benzene ring substituents is 1. The molecule has 0 bridgehead atoms. The lowest BCUT2D eigenvalue weighted by Crippen LogP contribution is -2.46. The fourth-order valence-electron chi connectivity index (χ4n) is 2.85. The van der Waals surface area contributed by atoms with Gasteiger partial charge in [0.2, 0.25) is 0 Å². The van der Waals surface area contributed by atoms with E-state index < -0.39 is 49.4 Å². The number of rotatable bonds is 7. The number of carbonyl (C=O) groups is 2. The van der Waals surface area contributed by atoms with Crippen LogP contribution < -0.4 is 0 Å². The minimum absolute atomic E-state index is 0.225. The second kappa shape index (κ2) is 9.25. The van der Waals surface area contributed by atoms with E-state index in [0.29, 0.717) is 6.54 Å². The van der Waals surface area contributed by atoms with Crippen molar-refractivity contribution in [3.8, 4) is 0 Å². The van der Waals surface area contributed by atoms with Crippen LogP contribution in [0.3, 0.4) is 0 Å². The van der Waals surface area contributed by atoms with E-state index >= 15 is 0 Å². The minimum Gasteiger partial charge on any atom is -0.452 e. The van der Waals surface area contributed by atoms with E-state index in [2.05, 4.69) is 0 Å². The molecule has 0 radical (unpaired) electrons. The van der Waals surface area contributed by atoms with Crippen molar-refractivity contribution in [2.45, 2.75) is 37.8 Å². The molecular weight excluding hydrogens is 424 g/mol. The third-order valence-electron chi connectivity index (χ3n) is 4.41. The van der Waals surface area contributed by atoms with Crippen LogP contribution in [0.1, 0.15) is 36.7 Å². The molecule has 0 fully saturated rings. The summed E-state index contributed by atoms with van der Waals surface area (Å²) < 4.78 is 28.5. The van der Waals surface area contributed by atoms with Gasteiger partial charge < -0.3 is 9.64 Å². The first kappa shape index (κ1) is 24.0. The van der Waals surface area contributed by atoms with Crippen LogP contribution in [0, 0.1) is 10.1 Å². The highest BCUT2D eigenvalue weighted by Crippen LogP contribution is 2.25. The highest BCUT2D eigenvalue weighted by molar-refractivity contribution is 7.90. The first-order valence-electron chi connectivity index (χ1n) is 9.30. The maximum absolute atomic E-state index is 12.8. The Morgan fingerprint density at radius 1 is 1.10 bits per heavy atom. The molecule has 0 heterocycles. The molecule has 0 saturated heterocycles. The average Bonchev–Trinajstić information content (AvgIpc) is 2.68. The second-order valence-electron chi connectivity index (χ2n) is 7.92. The number of hydrogen-bond acceptors (Lipinski definition) is 7. The molecule has 0 aliphatic rings. The second-order valence-corrected chi connectivity index (χ2v) is 9.91. The molecule has 0 atom stereocenters. The molecule has 0 aromatic heterocycles. The molecule has 2 aromatic carbocycles. The number of nitrogens with zero attached hydrogens (tertiary/aromatic N) is 2. The summed E-state index contributed by atoms with van der Waals surface area (Å²) in [5, 5.41) is 11.2. The first-order chi connectivity index (χ1) is 14.3. The number of benzene rings is 2. The largest absolute Gasteiger partial charge is 0.452 e. The normalized spacial score (nSPS) is 11.6. The fraction of sp³-hybridized carbons (Fsp3) is 0.333. The lowest BCUT2D eigenvalue weighted by Gasteiger charge is -2.35. The quantitative estimate of drug-likeness (QED) is 0.362. The van der Waals surface area contributed by atoms with Crippen LogP contribution in [-0.2, 0) is 25.9 Å². The maximum Gasteiger partial charge on any atom is 0.338 e. The van der Waals surface area contributed by atoms with Gasteiger partial charge in [0, 0.05) is 24.4 Å². The number of nitro groups is 1. The molecule has 1 amide bonds. The first-order valence-corrected chi connectivity index (χ1v) is 11.2. The SMILES string of the molecule is CC(C)(C)N(Cc1ccccc1)C(=O)COC(=O)c1ccc(S(C)(=O)=O)c([N+](=O)[O-])c1. The summed E-state index contributed by atoms with van der Waals surface area (Å²) in [4.78, 5) is 36.5. The minimum atomic E-state index is -3.86. The number of esters is 1. The highest BCUT2D eigenvalue weighted by Gasteiger charge is 2.28. The van der Waals surface area contributed by atoms with Gasteiger partial charge in [0.05, 0.1) is 10.5 Å². The van der Waals surface area contributed by atoms with Crippen molar-refractivity contribution in [2.75, 3.05) is 12.9 Å². The zero-order valence-electron chi connectivity index (χ0n) is 17.7. The predicted octanol–water partition coefficient (Wildman–Crippen LogP) is 2.98. The summed E-state index contributed by atoms with van der Waals surface area (Å²) in [6, 6.07) is 12.2. The summed E-state index contributed by atoms with van der Waals surface area (Å²) in [7, 11) is -3.86. The summed E-state index contributed by atoms with van der Waals surface area (Å²) >= 11 is 0. The van der Waals surface area contributed by atoms with E-state index in [0.717, 1.165) is 30.0 Å². The summed E-state index contributed by atoms with van der Waals surface area (Å²) in [5.41, 5.74) is -0.597. The van der Waals surface area contributed by atoms with Gasteiger partial charge in [-0.15, -0.1) is 0 Å². The van der Waals surface area contributed by atoms with Crippen LogP contribution in [0.2, 0.25) is 0 Å². The van der Waals surface area contributed by atoms with Crippen LogP contribution >= 0.6 is 0 Å². The zero-order chi connectivity index (χ0) is 23.4. The van der Waals surface area contributed by atoms with Crippen molar-refractivity contribution < 1.29 is 27.7 Å². The van der Waals surface area contributed by atoms with Crippen LogP contribution in [-0.4, -0.2) is 48.5 Å². The van der Waals surface area contributed by atoms with Crippen molar-refractivity contribution >= 4 is 27.4 Å². The van der Waals surface area contributed by atoms with E-state index in [4.69, 9.17) is 4.74 Å². The Labute approximate surface area is 180 Å². The van der Waals surface area contributed by atoms with Gasteiger partial charge in [0.25, 0.3) is 11.6 Å². The molecule has 9 nitrogen and oxygen atoms in total. The average molecular weight is 448 g/mol. The van der Waals surface area contributed by atoms with E-state index in [-0.39, 0.29) is 5.56 Å². The topological polar surface area (TPSA) is 124 Å². The lowest BCUT2D eigenvalue weighted by atomic mass is 10.0. The highest BCUT2D eigenvalue weighted by atomic mass is 32.2. The van der Waals surface area contributed by atoms with Gasteiger partial charge >= 0.3 is 5.97 Å².